The van der Waals surface area contributed by atoms with Crippen LogP contribution in [0.3, 0.4) is 0 Å². The minimum Gasteiger partial charge on any atom is -0.334 e. The van der Waals surface area contributed by atoms with E-state index in [9.17, 15) is 10.1 Å². The Balaban J connectivity index is 2.09. The van der Waals surface area contributed by atoms with E-state index in [4.69, 9.17) is 23.2 Å². The summed E-state index contributed by atoms with van der Waals surface area (Å²) in [6.07, 6.45) is 0.681. The molecule has 1 saturated carbocycles. The van der Waals surface area contributed by atoms with Crippen molar-refractivity contribution in [3.8, 4) is 0 Å². The van der Waals surface area contributed by atoms with Crippen LogP contribution >= 0.6 is 23.2 Å². The van der Waals surface area contributed by atoms with Crippen LogP contribution in [-0.2, 0) is 0 Å². The van der Waals surface area contributed by atoms with Crippen molar-refractivity contribution in [3.05, 3.63) is 52.6 Å². The van der Waals surface area contributed by atoms with Crippen LogP contribution in [0.4, 0.5) is 5.69 Å². The van der Waals surface area contributed by atoms with Crippen LogP contribution in [0, 0.1) is 10.1 Å². The number of para-hydroxylation sites is 1. The molecular formula is C15H10Cl2N2O2. The fourth-order valence-electron chi connectivity index (χ4n) is 2.92. The van der Waals surface area contributed by atoms with Gasteiger partial charge < -0.3 is 4.57 Å². The number of aromatic nitrogens is 1. The second kappa shape index (κ2) is 4.12. The van der Waals surface area contributed by atoms with Crippen molar-refractivity contribution in [2.45, 2.75) is 16.8 Å². The lowest BCUT2D eigenvalue weighted by molar-refractivity contribution is -0.384. The van der Waals surface area contributed by atoms with Gasteiger partial charge in [-0.05, 0) is 12.1 Å². The first-order chi connectivity index (χ1) is 9.99. The predicted octanol–water partition coefficient (Wildman–Crippen LogP) is 4.82. The van der Waals surface area contributed by atoms with Crippen molar-refractivity contribution < 1.29 is 4.92 Å². The summed E-state index contributed by atoms with van der Waals surface area (Å²) >= 11 is 12.4. The molecule has 106 valence electrons. The summed E-state index contributed by atoms with van der Waals surface area (Å²) in [5.74, 6) is 0. The molecule has 2 aromatic carbocycles. The van der Waals surface area contributed by atoms with Gasteiger partial charge in [0.25, 0.3) is 5.69 Å². The zero-order valence-electron chi connectivity index (χ0n) is 10.8. The second-order valence-corrected chi connectivity index (χ2v) is 6.87. The lowest BCUT2D eigenvalue weighted by atomic mass is 10.1. The van der Waals surface area contributed by atoms with Crippen molar-refractivity contribution in [3.63, 3.8) is 0 Å². The van der Waals surface area contributed by atoms with E-state index in [-0.39, 0.29) is 16.7 Å². The molecule has 6 heteroatoms. The third-order valence-electron chi connectivity index (χ3n) is 4.01. The van der Waals surface area contributed by atoms with E-state index < -0.39 is 4.33 Å². The SMILES string of the molecule is O=[N+]([O-])c1ccc2c(c1)c1ccccc1n2C1CC1(Cl)Cl. The summed E-state index contributed by atoms with van der Waals surface area (Å²) in [6, 6.07) is 12.7. The van der Waals surface area contributed by atoms with Gasteiger partial charge in [-0.1, -0.05) is 41.4 Å². The molecule has 4 rings (SSSR count). The summed E-state index contributed by atoms with van der Waals surface area (Å²) in [6.45, 7) is 0. The van der Waals surface area contributed by atoms with E-state index in [1.54, 1.807) is 12.1 Å². The first-order valence-electron chi connectivity index (χ1n) is 6.54. The monoisotopic (exact) mass is 320 g/mol. The van der Waals surface area contributed by atoms with Crippen LogP contribution < -0.4 is 0 Å². The Kier molecular flexibility index (Phi) is 2.53. The van der Waals surface area contributed by atoms with E-state index >= 15 is 0 Å². The molecule has 0 bridgehead atoms. The summed E-state index contributed by atoms with van der Waals surface area (Å²) in [7, 11) is 0. The van der Waals surface area contributed by atoms with Gasteiger partial charge in [0.15, 0.2) is 0 Å². The van der Waals surface area contributed by atoms with Crippen molar-refractivity contribution in [2.24, 2.45) is 0 Å². The molecule has 1 fully saturated rings. The minimum absolute atomic E-state index is 0.00434. The highest BCUT2D eigenvalue weighted by Gasteiger charge is 2.53. The van der Waals surface area contributed by atoms with Gasteiger partial charge in [-0.15, -0.1) is 0 Å². The van der Waals surface area contributed by atoms with Crippen LogP contribution in [0.1, 0.15) is 12.5 Å². The Morgan fingerprint density at radius 1 is 1.14 bits per heavy atom. The van der Waals surface area contributed by atoms with Crippen LogP contribution in [0.2, 0.25) is 0 Å². The van der Waals surface area contributed by atoms with E-state index in [0.717, 1.165) is 21.8 Å². The molecular weight excluding hydrogens is 311 g/mol. The summed E-state index contributed by atoms with van der Waals surface area (Å²) in [5.41, 5.74) is 2.01. The Hall–Kier alpha value is -1.78. The maximum absolute atomic E-state index is 11.0. The van der Waals surface area contributed by atoms with Gasteiger partial charge in [0, 0.05) is 40.4 Å². The molecule has 0 N–H and O–H groups in total. The first-order valence-corrected chi connectivity index (χ1v) is 7.29. The van der Waals surface area contributed by atoms with Gasteiger partial charge >= 0.3 is 0 Å². The number of nitrogens with zero attached hydrogens (tertiary/aromatic N) is 2. The van der Waals surface area contributed by atoms with Crippen molar-refractivity contribution in [1.29, 1.82) is 0 Å². The lowest BCUT2D eigenvalue weighted by Gasteiger charge is -2.07. The molecule has 1 heterocycles. The molecule has 1 atom stereocenters. The molecule has 0 aliphatic heterocycles. The Bertz CT molecular complexity index is 901. The molecule has 21 heavy (non-hydrogen) atoms. The van der Waals surface area contributed by atoms with Gasteiger partial charge in [0.2, 0.25) is 0 Å². The quantitative estimate of drug-likeness (QED) is 0.386. The van der Waals surface area contributed by atoms with E-state index in [1.807, 2.05) is 24.3 Å². The Morgan fingerprint density at radius 2 is 1.81 bits per heavy atom. The van der Waals surface area contributed by atoms with E-state index in [0.29, 0.717) is 6.42 Å². The number of hydrogen-bond donors (Lipinski definition) is 0. The van der Waals surface area contributed by atoms with Gasteiger partial charge in [-0.2, -0.15) is 0 Å². The number of alkyl halides is 2. The zero-order valence-corrected chi connectivity index (χ0v) is 12.3. The Labute approximate surface area is 130 Å². The van der Waals surface area contributed by atoms with Gasteiger partial charge in [-0.3, -0.25) is 10.1 Å². The van der Waals surface area contributed by atoms with Crippen LogP contribution in [0.25, 0.3) is 21.8 Å². The van der Waals surface area contributed by atoms with Crippen molar-refractivity contribution in [2.75, 3.05) is 0 Å². The molecule has 0 amide bonds. The average molecular weight is 321 g/mol. The van der Waals surface area contributed by atoms with Gasteiger partial charge in [0.05, 0.1) is 11.0 Å². The minimum atomic E-state index is -0.753. The number of non-ortho nitro benzene ring substituents is 1. The number of hydrogen-bond acceptors (Lipinski definition) is 2. The standard InChI is InChI=1S/C15H10Cl2N2O2/c16-15(17)8-14(15)18-12-4-2-1-3-10(12)11-7-9(19(20)21)5-6-13(11)18/h1-7,14H,8H2. The van der Waals surface area contributed by atoms with E-state index in [1.165, 1.54) is 6.07 Å². The van der Waals surface area contributed by atoms with E-state index in [2.05, 4.69) is 4.57 Å². The number of rotatable bonds is 2. The molecule has 4 nitrogen and oxygen atoms in total. The highest BCUT2D eigenvalue weighted by Crippen LogP contribution is 2.58. The molecule has 1 unspecified atom stereocenters. The smallest absolute Gasteiger partial charge is 0.270 e. The zero-order chi connectivity index (χ0) is 14.8. The summed E-state index contributed by atoms with van der Waals surface area (Å²) < 4.78 is 1.34. The summed E-state index contributed by atoms with van der Waals surface area (Å²) in [5, 5.41) is 12.8. The summed E-state index contributed by atoms with van der Waals surface area (Å²) in [4.78, 5) is 10.6. The molecule has 3 aromatic rings. The molecule has 0 saturated heterocycles. The van der Waals surface area contributed by atoms with Crippen molar-refractivity contribution >= 4 is 50.7 Å². The number of halogens is 2. The lowest BCUT2D eigenvalue weighted by Crippen LogP contribution is -2.00. The highest BCUT2D eigenvalue weighted by molar-refractivity contribution is 6.51. The molecule has 0 radical (unpaired) electrons. The average Bonchev–Trinajstić information content (AvgIpc) is 2.95. The fraction of sp³-hybridized carbons (Fsp3) is 0.200. The number of nitro benzene ring substituents is 1. The van der Waals surface area contributed by atoms with Gasteiger partial charge in [-0.25, -0.2) is 0 Å². The number of benzene rings is 2. The van der Waals surface area contributed by atoms with Crippen LogP contribution in [0.15, 0.2) is 42.5 Å². The Morgan fingerprint density at radius 3 is 2.48 bits per heavy atom. The second-order valence-electron chi connectivity index (χ2n) is 5.33. The maximum atomic E-state index is 11.0. The largest absolute Gasteiger partial charge is 0.334 e. The van der Waals surface area contributed by atoms with Crippen molar-refractivity contribution in [1.82, 2.24) is 4.57 Å². The number of nitro groups is 1. The van der Waals surface area contributed by atoms with Crippen LogP contribution in [0.5, 0.6) is 0 Å². The van der Waals surface area contributed by atoms with Crippen LogP contribution in [-0.4, -0.2) is 13.8 Å². The molecule has 1 aliphatic carbocycles. The van der Waals surface area contributed by atoms with Gasteiger partial charge in [0.1, 0.15) is 4.33 Å². The molecule has 1 aromatic heterocycles. The predicted molar refractivity (Wildman–Crippen MR) is 84.2 cm³/mol. The highest BCUT2D eigenvalue weighted by atomic mass is 35.5. The third-order valence-corrected chi connectivity index (χ3v) is 4.82. The fourth-order valence-corrected chi connectivity index (χ4v) is 3.41. The third kappa shape index (κ3) is 1.83. The number of fused-ring (bicyclic) bond motifs is 3. The first kappa shape index (κ1) is 12.9. The normalized spacial score (nSPS) is 20.0. The molecule has 1 aliphatic rings. The maximum Gasteiger partial charge on any atom is 0.270 e. The topological polar surface area (TPSA) is 48.1 Å². The molecule has 0 spiro atoms.